The predicted octanol–water partition coefficient (Wildman–Crippen LogP) is 6.01. The van der Waals surface area contributed by atoms with Gasteiger partial charge in [-0.15, -0.1) is 23.1 Å². The van der Waals surface area contributed by atoms with E-state index >= 15 is 0 Å². The van der Waals surface area contributed by atoms with Gasteiger partial charge in [0.2, 0.25) is 0 Å². The summed E-state index contributed by atoms with van der Waals surface area (Å²) in [4.78, 5) is 5.14. The minimum Gasteiger partial charge on any atom is -0.497 e. The zero-order chi connectivity index (χ0) is 18.6. The summed E-state index contributed by atoms with van der Waals surface area (Å²) in [5, 5.41) is 2.49. The van der Waals surface area contributed by atoms with E-state index in [1.165, 1.54) is 21.0 Å². The van der Waals surface area contributed by atoms with Gasteiger partial charge in [-0.2, -0.15) is 0 Å². The van der Waals surface area contributed by atoms with Crippen LogP contribution in [0.25, 0.3) is 0 Å². The maximum Gasteiger partial charge on any atom is 0.123 e. The summed E-state index contributed by atoms with van der Waals surface area (Å²) >= 11 is 3.72. The molecule has 2 aromatic carbocycles. The van der Waals surface area contributed by atoms with Gasteiger partial charge >= 0.3 is 0 Å². The van der Waals surface area contributed by atoms with Gasteiger partial charge < -0.3 is 14.4 Å². The molecule has 0 spiro atoms. The van der Waals surface area contributed by atoms with Crippen molar-refractivity contribution in [2.45, 2.75) is 23.1 Å². The molecule has 0 saturated carbocycles. The van der Waals surface area contributed by atoms with Crippen LogP contribution in [0.2, 0.25) is 0 Å². The van der Waals surface area contributed by atoms with E-state index in [2.05, 4.69) is 58.8 Å². The number of thioether (sulfide) groups is 1. The molecule has 0 amide bonds. The molecular formula is C22H23NO2S2. The molecule has 1 unspecified atom stereocenters. The number of nitrogens with zero attached hydrogens (tertiary/aromatic N) is 1. The van der Waals surface area contributed by atoms with E-state index in [0.29, 0.717) is 5.25 Å². The van der Waals surface area contributed by atoms with Crippen molar-refractivity contribution in [2.24, 2.45) is 0 Å². The lowest BCUT2D eigenvalue weighted by Crippen LogP contribution is -2.23. The average molecular weight is 398 g/mol. The zero-order valence-corrected chi connectivity index (χ0v) is 17.2. The van der Waals surface area contributed by atoms with Crippen LogP contribution >= 0.6 is 23.1 Å². The molecule has 0 aliphatic carbocycles. The number of thiophene rings is 1. The first kappa shape index (κ1) is 18.3. The summed E-state index contributed by atoms with van der Waals surface area (Å²) in [5.41, 5.74) is 2.54. The fourth-order valence-electron chi connectivity index (χ4n) is 3.49. The Labute approximate surface area is 168 Å². The SMILES string of the molecule is COc1ccc2c(c1)SC(c1ccccc1OC)CCN2Cc1cccs1. The highest BCUT2D eigenvalue weighted by Gasteiger charge is 2.26. The Morgan fingerprint density at radius 2 is 1.93 bits per heavy atom. The normalized spacial score (nSPS) is 16.5. The molecule has 27 heavy (non-hydrogen) atoms. The van der Waals surface area contributed by atoms with Crippen LogP contribution in [0.4, 0.5) is 5.69 Å². The summed E-state index contributed by atoms with van der Waals surface area (Å²) in [6.45, 7) is 1.95. The van der Waals surface area contributed by atoms with Gasteiger partial charge in [-0.1, -0.05) is 24.3 Å². The van der Waals surface area contributed by atoms with E-state index in [-0.39, 0.29) is 0 Å². The minimum absolute atomic E-state index is 0.348. The number of hydrogen-bond donors (Lipinski definition) is 0. The quantitative estimate of drug-likeness (QED) is 0.526. The summed E-state index contributed by atoms with van der Waals surface area (Å²) in [6, 6.07) is 19.1. The molecule has 0 fully saturated rings. The predicted molar refractivity (Wildman–Crippen MR) is 115 cm³/mol. The van der Waals surface area contributed by atoms with Crippen LogP contribution < -0.4 is 14.4 Å². The Balaban J connectivity index is 1.70. The molecule has 5 heteroatoms. The molecule has 1 atom stereocenters. The lowest BCUT2D eigenvalue weighted by atomic mass is 10.1. The standard InChI is InChI=1S/C22H23NO2S2/c1-24-16-9-10-19-22(14-16)27-21(18-7-3-4-8-20(18)25-2)11-12-23(19)15-17-6-5-13-26-17/h3-10,13-14,21H,11-12,15H2,1-2H3. The smallest absolute Gasteiger partial charge is 0.123 e. The molecule has 0 saturated heterocycles. The topological polar surface area (TPSA) is 21.7 Å². The molecule has 2 heterocycles. The number of hydrogen-bond acceptors (Lipinski definition) is 5. The van der Waals surface area contributed by atoms with Crippen LogP contribution in [-0.4, -0.2) is 20.8 Å². The van der Waals surface area contributed by atoms with Gasteiger partial charge in [-0.3, -0.25) is 0 Å². The Morgan fingerprint density at radius 1 is 1.04 bits per heavy atom. The lowest BCUT2D eigenvalue weighted by molar-refractivity contribution is 0.409. The summed E-state index contributed by atoms with van der Waals surface area (Å²) < 4.78 is 11.1. The van der Waals surface area contributed by atoms with E-state index in [4.69, 9.17) is 9.47 Å². The van der Waals surface area contributed by atoms with Gasteiger partial charge in [0.15, 0.2) is 0 Å². The zero-order valence-electron chi connectivity index (χ0n) is 15.6. The van der Waals surface area contributed by atoms with Gasteiger partial charge in [0, 0.05) is 27.1 Å². The average Bonchev–Trinajstić information content (AvgIpc) is 3.16. The van der Waals surface area contributed by atoms with Crippen LogP contribution in [0, 0.1) is 0 Å². The third-order valence-electron chi connectivity index (χ3n) is 4.85. The van der Waals surface area contributed by atoms with E-state index in [0.717, 1.165) is 31.0 Å². The van der Waals surface area contributed by atoms with Gasteiger partial charge in [-0.05, 0) is 42.1 Å². The van der Waals surface area contributed by atoms with Gasteiger partial charge in [0.05, 0.1) is 26.5 Å². The van der Waals surface area contributed by atoms with Crippen molar-refractivity contribution in [3.05, 3.63) is 70.4 Å². The van der Waals surface area contributed by atoms with Crippen molar-refractivity contribution < 1.29 is 9.47 Å². The highest BCUT2D eigenvalue weighted by molar-refractivity contribution is 7.99. The molecule has 1 aliphatic heterocycles. The Hall–Kier alpha value is -2.11. The first-order chi connectivity index (χ1) is 13.3. The molecule has 4 rings (SSSR count). The number of rotatable bonds is 5. The Morgan fingerprint density at radius 3 is 2.70 bits per heavy atom. The second-order valence-corrected chi connectivity index (χ2v) is 8.75. The molecule has 3 nitrogen and oxygen atoms in total. The summed E-state index contributed by atoms with van der Waals surface area (Å²) in [7, 11) is 3.48. The van der Waals surface area contributed by atoms with Crippen LogP contribution in [-0.2, 0) is 6.54 Å². The van der Waals surface area contributed by atoms with Gasteiger partial charge in [0.25, 0.3) is 0 Å². The number of ether oxygens (including phenoxy) is 2. The second-order valence-electron chi connectivity index (χ2n) is 6.47. The number of fused-ring (bicyclic) bond motifs is 1. The number of para-hydroxylation sites is 1. The largest absolute Gasteiger partial charge is 0.497 e. The van der Waals surface area contributed by atoms with Crippen molar-refractivity contribution in [1.29, 1.82) is 0 Å². The molecule has 0 radical (unpaired) electrons. The third kappa shape index (κ3) is 3.94. The third-order valence-corrected chi connectivity index (χ3v) is 7.07. The van der Waals surface area contributed by atoms with Crippen molar-refractivity contribution in [2.75, 3.05) is 25.7 Å². The fourth-order valence-corrected chi connectivity index (χ4v) is 5.56. The monoisotopic (exact) mass is 397 g/mol. The number of benzene rings is 2. The molecule has 3 aromatic rings. The number of anilines is 1. The highest BCUT2D eigenvalue weighted by atomic mass is 32.2. The molecule has 0 N–H and O–H groups in total. The molecule has 1 aromatic heterocycles. The summed E-state index contributed by atoms with van der Waals surface area (Å²) in [5.74, 6) is 1.86. The summed E-state index contributed by atoms with van der Waals surface area (Å²) in [6.07, 6.45) is 1.06. The lowest BCUT2D eigenvalue weighted by Gasteiger charge is -2.24. The van der Waals surface area contributed by atoms with Crippen LogP contribution in [0.5, 0.6) is 11.5 Å². The van der Waals surface area contributed by atoms with E-state index in [9.17, 15) is 0 Å². The van der Waals surface area contributed by atoms with Crippen molar-refractivity contribution in [3.63, 3.8) is 0 Å². The van der Waals surface area contributed by atoms with Crippen LogP contribution in [0.3, 0.4) is 0 Å². The fraction of sp³-hybridized carbons (Fsp3) is 0.273. The van der Waals surface area contributed by atoms with E-state index in [1.54, 1.807) is 14.2 Å². The minimum atomic E-state index is 0.348. The molecular weight excluding hydrogens is 374 g/mol. The second kappa shape index (κ2) is 8.28. The Kier molecular flexibility index (Phi) is 5.60. The molecule has 140 valence electrons. The van der Waals surface area contributed by atoms with Crippen molar-refractivity contribution in [1.82, 2.24) is 0 Å². The van der Waals surface area contributed by atoms with Gasteiger partial charge in [-0.25, -0.2) is 0 Å². The van der Waals surface area contributed by atoms with E-state index in [1.807, 2.05) is 29.2 Å². The van der Waals surface area contributed by atoms with Crippen LogP contribution in [0.15, 0.2) is 64.9 Å². The van der Waals surface area contributed by atoms with Crippen LogP contribution in [0.1, 0.15) is 22.1 Å². The van der Waals surface area contributed by atoms with Crippen molar-refractivity contribution >= 4 is 28.8 Å². The maximum absolute atomic E-state index is 5.63. The molecule has 0 bridgehead atoms. The first-order valence-electron chi connectivity index (χ1n) is 9.03. The highest BCUT2D eigenvalue weighted by Crippen LogP contribution is 2.48. The number of methoxy groups -OCH3 is 2. The van der Waals surface area contributed by atoms with Crippen molar-refractivity contribution in [3.8, 4) is 11.5 Å². The van der Waals surface area contributed by atoms with Gasteiger partial charge in [0.1, 0.15) is 11.5 Å². The molecule has 1 aliphatic rings. The Bertz CT molecular complexity index is 895. The first-order valence-corrected chi connectivity index (χ1v) is 10.8. The maximum atomic E-state index is 5.63. The van der Waals surface area contributed by atoms with E-state index < -0.39 is 0 Å².